The van der Waals surface area contributed by atoms with Gasteiger partial charge in [-0.1, -0.05) is 68.5 Å². The van der Waals surface area contributed by atoms with E-state index in [9.17, 15) is 4.79 Å². The molecule has 0 aliphatic carbocycles. The van der Waals surface area contributed by atoms with E-state index in [1.807, 2.05) is 54.6 Å². The van der Waals surface area contributed by atoms with E-state index in [1.54, 1.807) is 0 Å². The van der Waals surface area contributed by atoms with E-state index >= 15 is 0 Å². The van der Waals surface area contributed by atoms with Gasteiger partial charge in [0.05, 0.1) is 18.8 Å². The van der Waals surface area contributed by atoms with E-state index in [2.05, 4.69) is 31.3 Å². The summed E-state index contributed by atoms with van der Waals surface area (Å²) >= 11 is 0. The van der Waals surface area contributed by atoms with E-state index in [0.717, 1.165) is 23.3 Å². The standard InChI is InChI=1S/C25H31NO4/c1-4-23-18(2)24(28-17-20-11-7-5-8-12-20)22(15-16-26-19(3)27)25(30-23)29-21-13-9-6-10-14-21/h5-15,18,23-25H,4,16-17H2,1-3H3,(H,26,27)/b22-15-/t18-,23+,24-,25?/m0/s1. The Hall–Kier alpha value is -2.63. The maximum Gasteiger partial charge on any atom is 0.225 e. The Labute approximate surface area is 179 Å². The van der Waals surface area contributed by atoms with Crippen LogP contribution in [0.1, 0.15) is 32.8 Å². The zero-order valence-electron chi connectivity index (χ0n) is 17.9. The summed E-state index contributed by atoms with van der Waals surface area (Å²) in [5.41, 5.74) is 2.02. The van der Waals surface area contributed by atoms with E-state index < -0.39 is 6.29 Å². The minimum Gasteiger partial charge on any atom is -0.461 e. The van der Waals surface area contributed by atoms with Crippen LogP contribution in [0.3, 0.4) is 0 Å². The molecule has 1 amide bonds. The van der Waals surface area contributed by atoms with Gasteiger partial charge in [-0.3, -0.25) is 4.79 Å². The van der Waals surface area contributed by atoms with Gasteiger partial charge in [-0.15, -0.1) is 0 Å². The van der Waals surface area contributed by atoms with Crippen molar-refractivity contribution in [3.8, 4) is 5.75 Å². The van der Waals surface area contributed by atoms with Gasteiger partial charge in [-0.25, -0.2) is 0 Å². The maximum absolute atomic E-state index is 11.4. The molecule has 0 aromatic heterocycles. The summed E-state index contributed by atoms with van der Waals surface area (Å²) in [7, 11) is 0. The second-order valence-electron chi connectivity index (χ2n) is 7.56. The fourth-order valence-electron chi connectivity index (χ4n) is 3.71. The van der Waals surface area contributed by atoms with Gasteiger partial charge in [0.2, 0.25) is 12.2 Å². The third-order valence-corrected chi connectivity index (χ3v) is 5.31. The molecule has 0 bridgehead atoms. The lowest BCUT2D eigenvalue weighted by Gasteiger charge is -2.42. The van der Waals surface area contributed by atoms with Crippen molar-refractivity contribution in [2.24, 2.45) is 5.92 Å². The molecular formula is C25H31NO4. The number of benzene rings is 2. The molecule has 1 saturated heterocycles. The molecule has 1 heterocycles. The second-order valence-corrected chi connectivity index (χ2v) is 7.56. The first kappa shape index (κ1) is 22.1. The highest BCUT2D eigenvalue weighted by molar-refractivity contribution is 5.72. The molecule has 2 aromatic carbocycles. The third-order valence-electron chi connectivity index (χ3n) is 5.31. The van der Waals surface area contributed by atoms with Crippen molar-refractivity contribution in [2.45, 2.75) is 52.3 Å². The molecule has 1 aliphatic heterocycles. The number of rotatable bonds is 8. The van der Waals surface area contributed by atoms with Crippen molar-refractivity contribution >= 4 is 5.91 Å². The molecule has 0 spiro atoms. The predicted octanol–water partition coefficient (Wildman–Crippen LogP) is 4.48. The van der Waals surface area contributed by atoms with Crippen LogP contribution in [-0.2, 0) is 20.9 Å². The van der Waals surface area contributed by atoms with Gasteiger partial charge in [-0.2, -0.15) is 0 Å². The topological polar surface area (TPSA) is 56.8 Å². The summed E-state index contributed by atoms with van der Waals surface area (Å²) in [5, 5.41) is 2.83. The van der Waals surface area contributed by atoms with Crippen molar-refractivity contribution in [3.05, 3.63) is 77.9 Å². The van der Waals surface area contributed by atoms with Gasteiger partial charge < -0.3 is 19.5 Å². The zero-order valence-corrected chi connectivity index (χ0v) is 17.9. The number of nitrogens with one attached hydrogen (secondary N) is 1. The van der Waals surface area contributed by atoms with E-state index in [1.165, 1.54) is 6.92 Å². The Kier molecular flexibility index (Phi) is 8.05. The van der Waals surface area contributed by atoms with Gasteiger partial charge in [0.1, 0.15) is 5.75 Å². The molecule has 2 aromatic rings. The molecule has 1 N–H and O–H groups in total. The SMILES string of the molecule is CC[C@H]1OC(Oc2ccccc2)/C(=C\CNC(C)=O)[C@@H](OCc2ccccc2)[C@H]1C. The average molecular weight is 410 g/mol. The molecule has 0 saturated carbocycles. The van der Waals surface area contributed by atoms with Gasteiger partial charge in [-0.05, 0) is 24.1 Å². The van der Waals surface area contributed by atoms with Crippen molar-refractivity contribution < 1.29 is 19.0 Å². The summed E-state index contributed by atoms with van der Waals surface area (Å²) in [6, 6.07) is 19.8. The number of para-hydroxylation sites is 1. The molecule has 1 fully saturated rings. The van der Waals surface area contributed by atoms with Crippen LogP contribution in [0.25, 0.3) is 0 Å². The molecular weight excluding hydrogens is 378 g/mol. The van der Waals surface area contributed by atoms with Crippen LogP contribution >= 0.6 is 0 Å². The summed E-state index contributed by atoms with van der Waals surface area (Å²) in [4.78, 5) is 11.4. The van der Waals surface area contributed by atoms with E-state index in [4.69, 9.17) is 14.2 Å². The van der Waals surface area contributed by atoms with Crippen molar-refractivity contribution in [1.29, 1.82) is 0 Å². The first-order valence-electron chi connectivity index (χ1n) is 10.6. The van der Waals surface area contributed by atoms with Gasteiger partial charge in [0.25, 0.3) is 0 Å². The summed E-state index contributed by atoms with van der Waals surface area (Å²) < 4.78 is 18.9. The highest BCUT2D eigenvalue weighted by Gasteiger charge is 2.41. The Balaban J connectivity index is 1.85. The van der Waals surface area contributed by atoms with Crippen molar-refractivity contribution in [2.75, 3.05) is 6.54 Å². The second kappa shape index (κ2) is 11.0. The average Bonchev–Trinajstić information content (AvgIpc) is 2.76. The van der Waals surface area contributed by atoms with E-state index in [0.29, 0.717) is 13.2 Å². The fourth-order valence-corrected chi connectivity index (χ4v) is 3.71. The number of carbonyl (C=O) groups excluding carboxylic acids is 1. The Morgan fingerprint density at radius 3 is 2.40 bits per heavy atom. The van der Waals surface area contributed by atoms with Gasteiger partial charge in [0.15, 0.2) is 0 Å². The van der Waals surface area contributed by atoms with Crippen LogP contribution in [-0.4, -0.2) is 30.9 Å². The lowest BCUT2D eigenvalue weighted by atomic mass is 9.87. The molecule has 5 nitrogen and oxygen atoms in total. The normalized spacial score (nSPS) is 25.1. The zero-order chi connectivity index (χ0) is 21.3. The Morgan fingerprint density at radius 1 is 1.10 bits per heavy atom. The van der Waals surface area contributed by atoms with E-state index in [-0.39, 0.29) is 24.0 Å². The molecule has 0 radical (unpaired) electrons. The first-order chi connectivity index (χ1) is 14.6. The monoisotopic (exact) mass is 409 g/mol. The van der Waals surface area contributed by atoms with Crippen LogP contribution in [0.4, 0.5) is 0 Å². The van der Waals surface area contributed by atoms with Crippen LogP contribution in [0.2, 0.25) is 0 Å². The van der Waals surface area contributed by atoms with Crippen LogP contribution in [0.15, 0.2) is 72.3 Å². The van der Waals surface area contributed by atoms with Gasteiger partial charge in [0, 0.05) is 25.0 Å². The quantitative estimate of drug-likeness (QED) is 0.653. The number of carbonyl (C=O) groups is 1. The van der Waals surface area contributed by atoms with Crippen LogP contribution in [0, 0.1) is 5.92 Å². The molecule has 1 aliphatic rings. The number of hydrogen-bond donors (Lipinski definition) is 1. The molecule has 160 valence electrons. The lowest BCUT2D eigenvalue weighted by Crippen LogP contribution is -2.48. The van der Waals surface area contributed by atoms with Crippen LogP contribution in [0.5, 0.6) is 5.75 Å². The number of ether oxygens (including phenoxy) is 3. The third kappa shape index (κ3) is 5.94. The van der Waals surface area contributed by atoms with Crippen molar-refractivity contribution in [3.63, 3.8) is 0 Å². The minimum absolute atomic E-state index is 0.0115. The largest absolute Gasteiger partial charge is 0.461 e. The summed E-state index contributed by atoms with van der Waals surface area (Å²) in [6.07, 6.45) is 2.10. The molecule has 1 unspecified atom stereocenters. The first-order valence-corrected chi connectivity index (χ1v) is 10.6. The minimum atomic E-state index is -0.567. The highest BCUT2D eigenvalue weighted by Crippen LogP contribution is 2.35. The molecule has 30 heavy (non-hydrogen) atoms. The number of amides is 1. The van der Waals surface area contributed by atoms with Gasteiger partial charge >= 0.3 is 0 Å². The Bertz CT molecular complexity index is 822. The molecule has 5 heteroatoms. The molecule has 4 atom stereocenters. The summed E-state index contributed by atoms with van der Waals surface area (Å²) in [6.45, 7) is 6.67. The highest BCUT2D eigenvalue weighted by atomic mass is 16.7. The fraction of sp³-hybridized carbons (Fsp3) is 0.400. The van der Waals surface area contributed by atoms with Crippen LogP contribution < -0.4 is 10.1 Å². The smallest absolute Gasteiger partial charge is 0.225 e. The lowest BCUT2D eigenvalue weighted by molar-refractivity contribution is -0.175. The van der Waals surface area contributed by atoms with Crippen molar-refractivity contribution in [1.82, 2.24) is 5.32 Å². The Morgan fingerprint density at radius 2 is 1.77 bits per heavy atom. The summed E-state index contributed by atoms with van der Waals surface area (Å²) in [5.74, 6) is 0.808. The predicted molar refractivity (Wildman–Crippen MR) is 117 cm³/mol. The maximum atomic E-state index is 11.4. The number of hydrogen-bond acceptors (Lipinski definition) is 4. The molecule has 3 rings (SSSR count).